The van der Waals surface area contributed by atoms with Gasteiger partial charge in [-0.2, -0.15) is 0 Å². The molecule has 0 atom stereocenters. The van der Waals surface area contributed by atoms with E-state index in [1.165, 1.54) is 6.42 Å². The highest BCUT2D eigenvalue weighted by molar-refractivity contribution is 6.31. The Kier molecular flexibility index (Phi) is 3.73. The highest BCUT2D eigenvalue weighted by atomic mass is 35.5. The van der Waals surface area contributed by atoms with E-state index < -0.39 is 0 Å². The summed E-state index contributed by atoms with van der Waals surface area (Å²) in [6.45, 7) is 5.32. The maximum absolute atomic E-state index is 6.05. The minimum absolute atomic E-state index is 0.765. The Hall–Kier alpha value is -1.10. The number of aromatic nitrogens is 2. The third-order valence-electron chi connectivity index (χ3n) is 3.73. The number of nitrogens with one attached hydrogen (secondary N) is 1. The summed E-state index contributed by atoms with van der Waals surface area (Å²) in [5.74, 6) is 1.11. The molecule has 4 nitrogen and oxygen atoms in total. The highest BCUT2D eigenvalue weighted by Crippen LogP contribution is 2.20. The predicted molar refractivity (Wildman–Crippen MR) is 78.5 cm³/mol. The number of aryl methyl sites for hydroxylation is 1. The zero-order valence-electron chi connectivity index (χ0n) is 11.2. The van der Waals surface area contributed by atoms with Gasteiger partial charge in [0.05, 0.1) is 17.6 Å². The monoisotopic (exact) mass is 278 g/mol. The van der Waals surface area contributed by atoms with Crippen molar-refractivity contribution in [3.8, 4) is 0 Å². The summed E-state index contributed by atoms with van der Waals surface area (Å²) >= 11 is 6.05. The summed E-state index contributed by atoms with van der Waals surface area (Å²) in [6.07, 6.45) is 1.20. The molecule has 0 saturated carbocycles. The first-order valence-corrected chi connectivity index (χ1v) is 7.16. The van der Waals surface area contributed by atoms with Gasteiger partial charge in [0.1, 0.15) is 5.82 Å². The first-order valence-electron chi connectivity index (χ1n) is 6.78. The lowest BCUT2D eigenvalue weighted by atomic mass is 10.3. The van der Waals surface area contributed by atoms with Gasteiger partial charge in [-0.05, 0) is 37.7 Å². The maximum atomic E-state index is 6.05. The molecule has 0 bridgehead atoms. The van der Waals surface area contributed by atoms with Gasteiger partial charge in [-0.25, -0.2) is 4.98 Å². The number of fused-ring (bicyclic) bond motifs is 1. The smallest absolute Gasteiger partial charge is 0.123 e. The fraction of sp³-hybridized carbons (Fsp3) is 0.500. The second-order valence-corrected chi connectivity index (χ2v) is 5.54. The molecular formula is C14H19ClN4. The Labute approximate surface area is 118 Å². The molecular weight excluding hydrogens is 260 g/mol. The van der Waals surface area contributed by atoms with Crippen molar-refractivity contribution in [3.63, 3.8) is 0 Å². The molecule has 0 radical (unpaired) electrons. The topological polar surface area (TPSA) is 33.1 Å². The van der Waals surface area contributed by atoms with Crippen LogP contribution in [0.3, 0.4) is 0 Å². The summed E-state index contributed by atoms with van der Waals surface area (Å²) in [5, 5.41) is 4.19. The van der Waals surface area contributed by atoms with Crippen LogP contribution in [-0.4, -0.2) is 40.6 Å². The zero-order chi connectivity index (χ0) is 13.2. The van der Waals surface area contributed by atoms with Crippen LogP contribution in [0, 0.1) is 0 Å². The van der Waals surface area contributed by atoms with Crippen molar-refractivity contribution in [1.82, 2.24) is 19.8 Å². The molecule has 0 amide bonds. The van der Waals surface area contributed by atoms with Crippen LogP contribution in [0.4, 0.5) is 0 Å². The van der Waals surface area contributed by atoms with Crippen LogP contribution in [0.25, 0.3) is 11.0 Å². The lowest BCUT2D eigenvalue weighted by molar-refractivity contribution is 0.275. The lowest BCUT2D eigenvalue weighted by Gasteiger charge is -2.18. The molecule has 3 rings (SSSR count). The van der Waals surface area contributed by atoms with E-state index >= 15 is 0 Å². The number of benzene rings is 1. The minimum Gasteiger partial charge on any atom is -0.330 e. The molecule has 1 N–H and O–H groups in total. The summed E-state index contributed by atoms with van der Waals surface area (Å²) in [4.78, 5) is 7.18. The van der Waals surface area contributed by atoms with Gasteiger partial charge in [0.2, 0.25) is 0 Å². The van der Waals surface area contributed by atoms with E-state index in [2.05, 4.69) is 21.8 Å². The van der Waals surface area contributed by atoms with Crippen molar-refractivity contribution in [2.24, 2.45) is 7.05 Å². The summed E-state index contributed by atoms with van der Waals surface area (Å²) < 4.78 is 2.15. The number of hydrogen-bond donors (Lipinski definition) is 1. The predicted octanol–water partition coefficient (Wildman–Crippen LogP) is 2.02. The van der Waals surface area contributed by atoms with E-state index in [9.17, 15) is 0 Å². The summed E-state index contributed by atoms with van der Waals surface area (Å²) in [7, 11) is 2.07. The Balaban J connectivity index is 1.86. The molecule has 2 aromatic rings. The van der Waals surface area contributed by atoms with E-state index in [1.807, 2.05) is 18.2 Å². The first-order chi connectivity index (χ1) is 9.24. The van der Waals surface area contributed by atoms with Crippen molar-refractivity contribution in [1.29, 1.82) is 0 Å². The van der Waals surface area contributed by atoms with Crippen molar-refractivity contribution < 1.29 is 0 Å². The van der Waals surface area contributed by atoms with Crippen LogP contribution in [0.15, 0.2) is 18.2 Å². The van der Waals surface area contributed by atoms with E-state index in [4.69, 9.17) is 16.6 Å². The molecule has 1 aliphatic heterocycles. The Bertz CT molecular complexity index is 570. The second-order valence-electron chi connectivity index (χ2n) is 5.10. The van der Waals surface area contributed by atoms with Gasteiger partial charge in [0, 0.05) is 25.2 Å². The number of halogens is 1. The normalized spacial score (nSPS) is 17.8. The van der Waals surface area contributed by atoms with Gasteiger partial charge >= 0.3 is 0 Å². The Morgan fingerprint density at radius 3 is 3.11 bits per heavy atom. The summed E-state index contributed by atoms with van der Waals surface area (Å²) in [5.41, 5.74) is 2.13. The van der Waals surface area contributed by atoms with Gasteiger partial charge in [0.15, 0.2) is 0 Å². The molecule has 5 heteroatoms. The number of rotatable bonds is 2. The standard InChI is InChI=1S/C14H19ClN4/c1-18-13-9-11(15)3-4-12(13)17-14(18)10-19-7-2-5-16-6-8-19/h3-4,9,16H,2,5-8,10H2,1H3. The molecule has 0 aliphatic carbocycles. The molecule has 1 aromatic carbocycles. The SMILES string of the molecule is Cn1c(CN2CCCNCC2)nc2ccc(Cl)cc21. The number of hydrogen-bond acceptors (Lipinski definition) is 3. The number of nitrogens with zero attached hydrogens (tertiary/aromatic N) is 3. The van der Waals surface area contributed by atoms with Crippen molar-refractivity contribution in [3.05, 3.63) is 29.0 Å². The summed E-state index contributed by atoms with van der Waals surface area (Å²) in [6, 6.07) is 5.87. The van der Waals surface area contributed by atoms with E-state index in [0.29, 0.717) is 0 Å². The molecule has 0 spiro atoms. The molecule has 19 heavy (non-hydrogen) atoms. The lowest BCUT2D eigenvalue weighted by Crippen LogP contribution is -2.28. The van der Waals surface area contributed by atoms with Gasteiger partial charge in [-0.3, -0.25) is 4.90 Å². The quantitative estimate of drug-likeness (QED) is 0.912. The largest absolute Gasteiger partial charge is 0.330 e. The molecule has 2 heterocycles. The van der Waals surface area contributed by atoms with Gasteiger partial charge in [0.25, 0.3) is 0 Å². The van der Waals surface area contributed by atoms with Crippen molar-refractivity contribution >= 4 is 22.6 Å². The fourth-order valence-electron chi connectivity index (χ4n) is 2.61. The molecule has 1 fully saturated rings. The van der Waals surface area contributed by atoms with Gasteiger partial charge < -0.3 is 9.88 Å². The molecule has 1 saturated heterocycles. The van der Waals surface area contributed by atoms with Crippen LogP contribution < -0.4 is 5.32 Å². The number of imidazole rings is 1. The zero-order valence-corrected chi connectivity index (χ0v) is 12.0. The highest BCUT2D eigenvalue weighted by Gasteiger charge is 2.14. The van der Waals surface area contributed by atoms with Crippen LogP contribution in [0.2, 0.25) is 5.02 Å². The third kappa shape index (κ3) is 2.76. The molecule has 0 unspecified atom stereocenters. The molecule has 1 aromatic heterocycles. The van der Waals surface area contributed by atoms with Crippen LogP contribution >= 0.6 is 11.6 Å². The second kappa shape index (κ2) is 5.49. The molecule has 1 aliphatic rings. The maximum Gasteiger partial charge on any atom is 0.123 e. The van der Waals surface area contributed by atoms with Crippen LogP contribution in [-0.2, 0) is 13.6 Å². The van der Waals surface area contributed by atoms with Crippen LogP contribution in [0.5, 0.6) is 0 Å². The van der Waals surface area contributed by atoms with E-state index in [0.717, 1.165) is 54.6 Å². The van der Waals surface area contributed by atoms with Crippen molar-refractivity contribution in [2.75, 3.05) is 26.2 Å². The van der Waals surface area contributed by atoms with Gasteiger partial charge in [-0.1, -0.05) is 11.6 Å². The van der Waals surface area contributed by atoms with E-state index in [1.54, 1.807) is 0 Å². The van der Waals surface area contributed by atoms with E-state index in [-0.39, 0.29) is 0 Å². The first kappa shape index (κ1) is 12.9. The van der Waals surface area contributed by atoms with Gasteiger partial charge in [-0.15, -0.1) is 0 Å². The average molecular weight is 279 g/mol. The Morgan fingerprint density at radius 1 is 1.32 bits per heavy atom. The fourth-order valence-corrected chi connectivity index (χ4v) is 2.78. The van der Waals surface area contributed by atoms with Crippen molar-refractivity contribution in [2.45, 2.75) is 13.0 Å². The van der Waals surface area contributed by atoms with Crippen LogP contribution in [0.1, 0.15) is 12.2 Å². The average Bonchev–Trinajstić information content (AvgIpc) is 2.59. The minimum atomic E-state index is 0.765. The third-order valence-corrected chi connectivity index (χ3v) is 3.97. The molecule has 102 valence electrons. The Morgan fingerprint density at radius 2 is 2.21 bits per heavy atom.